The number of benzene rings is 1. The SMILES string of the molecule is Cc1ncsc1[C@H](C)c1ccc(NC(=O)NCc2ccn[nH]2)cc1. The smallest absolute Gasteiger partial charge is 0.319 e. The maximum atomic E-state index is 11.9. The molecule has 24 heavy (non-hydrogen) atoms. The third-order valence-electron chi connectivity index (χ3n) is 3.84. The summed E-state index contributed by atoms with van der Waals surface area (Å²) in [5.41, 5.74) is 5.77. The molecule has 3 aromatic rings. The average Bonchev–Trinajstić information content (AvgIpc) is 3.24. The molecule has 3 N–H and O–H groups in total. The lowest BCUT2D eigenvalue weighted by Gasteiger charge is -2.12. The second-order valence-electron chi connectivity index (χ2n) is 5.54. The molecule has 0 saturated heterocycles. The van der Waals surface area contributed by atoms with Crippen molar-refractivity contribution in [3.63, 3.8) is 0 Å². The van der Waals surface area contributed by atoms with Crippen LogP contribution >= 0.6 is 11.3 Å². The highest BCUT2D eigenvalue weighted by molar-refractivity contribution is 7.09. The van der Waals surface area contributed by atoms with Crippen molar-refractivity contribution in [3.8, 4) is 0 Å². The van der Waals surface area contributed by atoms with Crippen LogP contribution in [0.1, 0.15) is 34.7 Å². The summed E-state index contributed by atoms with van der Waals surface area (Å²) in [5.74, 6) is 0.292. The Bertz CT molecular complexity index is 795. The van der Waals surface area contributed by atoms with E-state index >= 15 is 0 Å². The van der Waals surface area contributed by atoms with Crippen LogP contribution < -0.4 is 10.6 Å². The minimum absolute atomic E-state index is 0.247. The average molecular weight is 341 g/mol. The van der Waals surface area contributed by atoms with Crippen molar-refractivity contribution in [1.29, 1.82) is 0 Å². The Labute approximate surface area is 144 Å². The number of aromatic nitrogens is 3. The van der Waals surface area contributed by atoms with Gasteiger partial charge in [0.2, 0.25) is 0 Å². The maximum absolute atomic E-state index is 11.9. The Morgan fingerprint density at radius 1 is 1.29 bits per heavy atom. The summed E-state index contributed by atoms with van der Waals surface area (Å²) in [5, 5.41) is 12.2. The van der Waals surface area contributed by atoms with Crippen molar-refractivity contribution >= 4 is 23.1 Å². The normalized spacial score (nSPS) is 11.9. The second-order valence-corrected chi connectivity index (χ2v) is 6.42. The zero-order valence-electron chi connectivity index (χ0n) is 13.5. The molecule has 7 heteroatoms. The predicted octanol–water partition coefficient (Wildman–Crippen LogP) is 3.65. The number of H-pyrrole nitrogens is 1. The summed E-state index contributed by atoms with van der Waals surface area (Å²) in [4.78, 5) is 17.5. The molecule has 0 radical (unpaired) electrons. The molecule has 0 aliphatic carbocycles. The van der Waals surface area contributed by atoms with Gasteiger partial charge in [0.25, 0.3) is 0 Å². The number of aryl methyl sites for hydroxylation is 1. The van der Waals surface area contributed by atoms with E-state index in [2.05, 4.69) is 32.7 Å². The van der Waals surface area contributed by atoms with Gasteiger partial charge in [-0.3, -0.25) is 5.10 Å². The fraction of sp³-hybridized carbons (Fsp3) is 0.235. The van der Waals surface area contributed by atoms with E-state index in [0.717, 1.165) is 17.1 Å². The van der Waals surface area contributed by atoms with E-state index in [1.54, 1.807) is 17.5 Å². The standard InChI is InChI=1S/C17H19N5OS/c1-11(16-12(2)19-10-24-16)13-3-5-14(6-4-13)21-17(23)18-9-15-7-8-20-22-15/h3-8,10-11H,9H2,1-2H3,(H,20,22)(H2,18,21,23)/t11-/m1/s1. The Morgan fingerprint density at radius 3 is 2.71 bits per heavy atom. The number of aromatic amines is 1. The van der Waals surface area contributed by atoms with Gasteiger partial charge in [-0.25, -0.2) is 9.78 Å². The van der Waals surface area contributed by atoms with Crippen molar-refractivity contribution in [2.45, 2.75) is 26.3 Å². The maximum Gasteiger partial charge on any atom is 0.319 e. The molecular weight excluding hydrogens is 322 g/mol. The Morgan fingerprint density at radius 2 is 2.08 bits per heavy atom. The first-order valence-electron chi connectivity index (χ1n) is 7.66. The number of thiazole rings is 1. The van der Waals surface area contributed by atoms with Crippen LogP contribution in [0, 0.1) is 6.92 Å². The van der Waals surface area contributed by atoms with Gasteiger partial charge in [0, 0.05) is 22.7 Å². The van der Waals surface area contributed by atoms with Gasteiger partial charge in [-0.05, 0) is 30.7 Å². The summed E-state index contributed by atoms with van der Waals surface area (Å²) < 4.78 is 0. The van der Waals surface area contributed by atoms with Crippen LogP contribution in [0.15, 0.2) is 42.0 Å². The van der Waals surface area contributed by atoms with E-state index in [0.29, 0.717) is 12.5 Å². The number of carbonyl (C=O) groups is 1. The predicted molar refractivity (Wildman–Crippen MR) is 95.3 cm³/mol. The molecule has 1 atom stereocenters. The van der Waals surface area contributed by atoms with Crippen LogP contribution in [-0.4, -0.2) is 21.2 Å². The van der Waals surface area contributed by atoms with E-state index in [9.17, 15) is 4.79 Å². The van der Waals surface area contributed by atoms with Crippen molar-refractivity contribution in [2.75, 3.05) is 5.32 Å². The number of nitrogens with one attached hydrogen (secondary N) is 3. The molecule has 124 valence electrons. The number of urea groups is 1. The number of rotatable bonds is 5. The second kappa shape index (κ2) is 7.27. The highest BCUT2D eigenvalue weighted by Gasteiger charge is 2.13. The highest BCUT2D eigenvalue weighted by Crippen LogP contribution is 2.30. The van der Waals surface area contributed by atoms with Crippen LogP contribution in [-0.2, 0) is 6.54 Å². The first kappa shape index (κ1) is 16.2. The first-order valence-corrected chi connectivity index (χ1v) is 8.54. The largest absolute Gasteiger partial charge is 0.332 e. The summed E-state index contributed by atoms with van der Waals surface area (Å²) >= 11 is 1.67. The topological polar surface area (TPSA) is 82.7 Å². The zero-order chi connectivity index (χ0) is 16.9. The van der Waals surface area contributed by atoms with E-state index < -0.39 is 0 Å². The van der Waals surface area contributed by atoms with Crippen molar-refractivity contribution in [1.82, 2.24) is 20.5 Å². The van der Waals surface area contributed by atoms with Crippen LogP contribution in [0.2, 0.25) is 0 Å². The van der Waals surface area contributed by atoms with E-state index in [1.807, 2.05) is 42.8 Å². The molecular formula is C17H19N5OS. The van der Waals surface area contributed by atoms with E-state index in [1.165, 1.54) is 10.4 Å². The van der Waals surface area contributed by atoms with Gasteiger partial charge in [-0.15, -0.1) is 11.3 Å². The number of amides is 2. The fourth-order valence-corrected chi connectivity index (χ4v) is 3.35. The summed E-state index contributed by atoms with van der Waals surface area (Å²) in [6.07, 6.45) is 1.65. The van der Waals surface area contributed by atoms with Crippen LogP contribution in [0.4, 0.5) is 10.5 Å². The molecule has 2 heterocycles. The van der Waals surface area contributed by atoms with Gasteiger partial charge in [0.15, 0.2) is 0 Å². The molecule has 0 aliphatic heterocycles. The van der Waals surface area contributed by atoms with Gasteiger partial charge in [-0.1, -0.05) is 19.1 Å². The molecule has 0 aliphatic rings. The minimum Gasteiger partial charge on any atom is -0.332 e. The monoisotopic (exact) mass is 341 g/mol. The lowest BCUT2D eigenvalue weighted by atomic mass is 9.98. The Kier molecular flexibility index (Phi) is 4.90. The zero-order valence-corrected chi connectivity index (χ0v) is 14.4. The molecule has 0 saturated carbocycles. The van der Waals surface area contributed by atoms with Crippen LogP contribution in [0.5, 0.6) is 0 Å². The van der Waals surface area contributed by atoms with Gasteiger partial charge >= 0.3 is 6.03 Å². The van der Waals surface area contributed by atoms with Gasteiger partial charge < -0.3 is 10.6 Å². The number of hydrogen-bond acceptors (Lipinski definition) is 4. The molecule has 0 fully saturated rings. The van der Waals surface area contributed by atoms with Crippen molar-refractivity contribution in [3.05, 3.63) is 63.9 Å². The summed E-state index contributed by atoms with van der Waals surface area (Å²) in [6.45, 7) is 4.61. The highest BCUT2D eigenvalue weighted by atomic mass is 32.1. The molecule has 0 unspecified atom stereocenters. The molecule has 0 bridgehead atoms. The Hall–Kier alpha value is -2.67. The lowest BCUT2D eigenvalue weighted by Crippen LogP contribution is -2.28. The Balaban J connectivity index is 1.58. The summed E-state index contributed by atoms with van der Waals surface area (Å²) in [6, 6.07) is 9.47. The molecule has 0 spiro atoms. The quantitative estimate of drug-likeness (QED) is 0.662. The molecule has 3 rings (SSSR count). The first-order chi connectivity index (χ1) is 11.6. The van der Waals surface area contributed by atoms with Gasteiger partial charge in [0.05, 0.1) is 23.4 Å². The third-order valence-corrected chi connectivity index (χ3v) is 4.96. The minimum atomic E-state index is -0.247. The number of anilines is 1. The number of carbonyl (C=O) groups excluding carboxylic acids is 1. The number of nitrogens with zero attached hydrogens (tertiary/aromatic N) is 2. The van der Waals surface area contributed by atoms with Crippen molar-refractivity contribution in [2.24, 2.45) is 0 Å². The molecule has 2 amide bonds. The summed E-state index contributed by atoms with van der Waals surface area (Å²) in [7, 11) is 0. The van der Waals surface area contributed by atoms with Gasteiger partial charge in [-0.2, -0.15) is 5.10 Å². The van der Waals surface area contributed by atoms with Crippen molar-refractivity contribution < 1.29 is 4.79 Å². The fourth-order valence-electron chi connectivity index (χ4n) is 2.47. The lowest BCUT2D eigenvalue weighted by molar-refractivity contribution is 0.251. The molecule has 6 nitrogen and oxygen atoms in total. The molecule has 2 aromatic heterocycles. The van der Waals surface area contributed by atoms with Gasteiger partial charge in [0.1, 0.15) is 0 Å². The van der Waals surface area contributed by atoms with Crippen LogP contribution in [0.3, 0.4) is 0 Å². The van der Waals surface area contributed by atoms with E-state index in [4.69, 9.17) is 0 Å². The third kappa shape index (κ3) is 3.80. The number of hydrogen-bond donors (Lipinski definition) is 3. The van der Waals surface area contributed by atoms with Crippen LogP contribution in [0.25, 0.3) is 0 Å². The molecule has 1 aromatic carbocycles. The van der Waals surface area contributed by atoms with E-state index in [-0.39, 0.29) is 6.03 Å².